The number of rotatable bonds is 7. The van der Waals surface area contributed by atoms with Gasteiger partial charge in [-0.05, 0) is 76.0 Å². The highest BCUT2D eigenvalue weighted by atomic mass is 32.2. The Hall–Kier alpha value is -4.03. The first-order valence-electron chi connectivity index (χ1n) is 10.2. The number of carbonyl (C=O) groups is 1. The van der Waals surface area contributed by atoms with Crippen LogP contribution in [-0.2, 0) is 0 Å². The summed E-state index contributed by atoms with van der Waals surface area (Å²) in [7, 11) is 0. The summed E-state index contributed by atoms with van der Waals surface area (Å²) >= 11 is 1.40. The molecule has 4 rings (SSSR count). The molecule has 0 spiro atoms. The van der Waals surface area contributed by atoms with Crippen molar-refractivity contribution >= 4 is 35.2 Å². The summed E-state index contributed by atoms with van der Waals surface area (Å²) in [6, 6.07) is 23.7. The zero-order valence-electron chi connectivity index (χ0n) is 17.7. The third kappa shape index (κ3) is 5.07. The molecule has 4 aromatic rings. The third-order valence-corrected chi connectivity index (χ3v) is 5.79. The van der Waals surface area contributed by atoms with E-state index in [-0.39, 0.29) is 17.4 Å². The average molecular weight is 455 g/mol. The van der Waals surface area contributed by atoms with Gasteiger partial charge in [-0.2, -0.15) is 0 Å². The number of carbonyl (C=O) groups excluding carboxylic acids is 1. The summed E-state index contributed by atoms with van der Waals surface area (Å²) in [5.74, 6) is 0.561. The van der Waals surface area contributed by atoms with Crippen LogP contribution >= 0.6 is 11.8 Å². The van der Waals surface area contributed by atoms with E-state index in [1.165, 1.54) is 11.8 Å². The zero-order chi connectivity index (χ0) is 23.2. The van der Waals surface area contributed by atoms with Crippen LogP contribution in [0.2, 0.25) is 0 Å². The molecule has 6 heteroatoms. The highest BCUT2D eigenvalue weighted by Crippen LogP contribution is 2.38. The van der Waals surface area contributed by atoms with E-state index in [1.54, 1.807) is 54.1 Å². The fourth-order valence-electron chi connectivity index (χ4n) is 3.65. The van der Waals surface area contributed by atoms with Crippen molar-refractivity contribution in [2.24, 2.45) is 4.99 Å². The van der Waals surface area contributed by atoms with Gasteiger partial charge in [0.1, 0.15) is 11.5 Å². The molecule has 0 bridgehead atoms. The molecule has 5 nitrogen and oxygen atoms in total. The van der Waals surface area contributed by atoms with Gasteiger partial charge in [0.15, 0.2) is 0 Å². The smallest absolute Gasteiger partial charge is 0.251 e. The summed E-state index contributed by atoms with van der Waals surface area (Å²) in [6.07, 6.45) is 1.56. The van der Waals surface area contributed by atoms with Gasteiger partial charge in [0.05, 0.1) is 5.88 Å². The number of nitrogens with one attached hydrogen (secondary N) is 1. The van der Waals surface area contributed by atoms with Gasteiger partial charge in [-0.25, -0.2) is 0 Å². The molecule has 0 radical (unpaired) electrons. The lowest BCUT2D eigenvalue weighted by Gasteiger charge is -2.12. The number of nitrogens with zero attached hydrogens (tertiary/aromatic N) is 1. The molecule has 0 saturated carbocycles. The summed E-state index contributed by atoms with van der Waals surface area (Å²) in [5, 5.41) is 26.9. The first kappa shape index (κ1) is 22.2. The SMILES string of the molecule is C=N/C=C\SCNC(=O)c1cccc(-c2c(O)ccc3cc(-c4cccc(O)c4)ccc23)c1. The summed E-state index contributed by atoms with van der Waals surface area (Å²) in [4.78, 5) is 16.2. The fourth-order valence-corrected chi connectivity index (χ4v) is 4.13. The highest BCUT2D eigenvalue weighted by Gasteiger charge is 2.13. The summed E-state index contributed by atoms with van der Waals surface area (Å²) < 4.78 is 0. The molecule has 0 unspecified atom stereocenters. The van der Waals surface area contributed by atoms with Crippen molar-refractivity contribution < 1.29 is 15.0 Å². The number of aliphatic imine (C=N–C) groups is 1. The molecule has 0 saturated heterocycles. The van der Waals surface area contributed by atoms with Crippen molar-refractivity contribution in [3.8, 4) is 33.8 Å². The van der Waals surface area contributed by atoms with Gasteiger partial charge in [0, 0.05) is 17.3 Å². The van der Waals surface area contributed by atoms with Crippen LogP contribution in [0.3, 0.4) is 0 Å². The monoisotopic (exact) mass is 454 g/mol. The van der Waals surface area contributed by atoms with Crippen LogP contribution in [0, 0.1) is 0 Å². The molecule has 0 aliphatic carbocycles. The molecule has 0 aliphatic heterocycles. The average Bonchev–Trinajstić information content (AvgIpc) is 2.83. The number of phenols is 2. The molecular weight excluding hydrogens is 432 g/mol. The number of fused-ring (bicyclic) bond motifs is 1. The lowest BCUT2D eigenvalue weighted by Crippen LogP contribution is -2.22. The lowest BCUT2D eigenvalue weighted by atomic mass is 9.93. The second kappa shape index (κ2) is 10.1. The summed E-state index contributed by atoms with van der Waals surface area (Å²) in [5.41, 5.74) is 3.79. The van der Waals surface area contributed by atoms with Crippen molar-refractivity contribution in [3.05, 3.63) is 96.0 Å². The van der Waals surface area contributed by atoms with Crippen LogP contribution in [0.25, 0.3) is 33.0 Å². The van der Waals surface area contributed by atoms with E-state index < -0.39 is 0 Å². The Morgan fingerprint density at radius 3 is 2.55 bits per heavy atom. The minimum atomic E-state index is -0.199. The van der Waals surface area contributed by atoms with Crippen molar-refractivity contribution in [2.45, 2.75) is 0 Å². The maximum atomic E-state index is 12.6. The Kier molecular flexibility index (Phi) is 6.76. The Morgan fingerprint density at radius 2 is 1.73 bits per heavy atom. The predicted octanol–water partition coefficient (Wildman–Crippen LogP) is 6.18. The van der Waals surface area contributed by atoms with Crippen LogP contribution < -0.4 is 5.32 Å². The van der Waals surface area contributed by atoms with Crippen LogP contribution in [0.5, 0.6) is 11.5 Å². The van der Waals surface area contributed by atoms with Gasteiger partial charge in [-0.15, -0.1) is 11.8 Å². The third-order valence-electron chi connectivity index (χ3n) is 5.17. The molecule has 1 amide bonds. The molecule has 4 aromatic carbocycles. The molecule has 3 N–H and O–H groups in total. The second-order valence-corrected chi connectivity index (χ2v) is 8.21. The Bertz CT molecular complexity index is 1360. The standard InChI is InChI=1S/C27H22N2O3S/c1-28-12-13-33-17-29-27(32)22-6-2-5-21(15-22)26-24-10-8-19(14-20(24)9-11-25(26)31)18-4-3-7-23(30)16-18/h2-16,30-31H,1,17H2,(H,29,32)/b13-12-. The van der Waals surface area contributed by atoms with E-state index in [2.05, 4.69) is 17.0 Å². The molecular formula is C27H22N2O3S. The molecule has 0 atom stereocenters. The van der Waals surface area contributed by atoms with Crippen LogP contribution in [0.15, 0.2) is 95.5 Å². The number of thioether (sulfide) groups is 1. The predicted molar refractivity (Wildman–Crippen MR) is 137 cm³/mol. The fraction of sp³-hybridized carbons (Fsp3) is 0.0370. The van der Waals surface area contributed by atoms with Crippen LogP contribution in [0.4, 0.5) is 0 Å². The lowest BCUT2D eigenvalue weighted by molar-refractivity contribution is 0.0961. The van der Waals surface area contributed by atoms with Gasteiger partial charge in [0.2, 0.25) is 0 Å². The number of hydrogen-bond donors (Lipinski definition) is 3. The highest BCUT2D eigenvalue weighted by molar-refractivity contribution is 8.02. The summed E-state index contributed by atoms with van der Waals surface area (Å²) in [6.45, 7) is 3.36. The van der Waals surface area contributed by atoms with Gasteiger partial charge in [-0.1, -0.05) is 42.5 Å². The van der Waals surface area contributed by atoms with E-state index in [1.807, 2.05) is 36.4 Å². The largest absolute Gasteiger partial charge is 0.508 e. The number of aromatic hydroxyl groups is 2. The molecule has 164 valence electrons. The Balaban J connectivity index is 1.67. The maximum absolute atomic E-state index is 12.6. The molecule has 0 aliphatic rings. The van der Waals surface area contributed by atoms with Crippen LogP contribution in [-0.4, -0.2) is 28.7 Å². The van der Waals surface area contributed by atoms with E-state index in [0.29, 0.717) is 17.0 Å². The molecule has 0 fully saturated rings. The molecule has 0 heterocycles. The topological polar surface area (TPSA) is 81.9 Å². The van der Waals surface area contributed by atoms with Gasteiger partial charge in [-0.3, -0.25) is 9.79 Å². The Labute approximate surface area is 196 Å². The van der Waals surface area contributed by atoms with E-state index in [4.69, 9.17) is 0 Å². The van der Waals surface area contributed by atoms with E-state index in [0.717, 1.165) is 27.5 Å². The van der Waals surface area contributed by atoms with Gasteiger partial charge >= 0.3 is 0 Å². The molecule has 33 heavy (non-hydrogen) atoms. The normalized spacial score (nSPS) is 11.0. The van der Waals surface area contributed by atoms with Crippen molar-refractivity contribution in [3.63, 3.8) is 0 Å². The number of amides is 1. The van der Waals surface area contributed by atoms with Crippen molar-refractivity contribution in [2.75, 3.05) is 5.88 Å². The first-order valence-corrected chi connectivity index (χ1v) is 11.3. The quantitative estimate of drug-likeness (QED) is 0.177. The first-order chi connectivity index (χ1) is 16.1. The second-order valence-electron chi connectivity index (χ2n) is 7.31. The minimum absolute atomic E-state index is 0.141. The molecule has 0 aromatic heterocycles. The van der Waals surface area contributed by atoms with Gasteiger partial charge in [0.25, 0.3) is 5.91 Å². The van der Waals surface area contributed by atoms with Crippen molar-refractivity contribution in [1.29, 1.82) is 0 Å². The van der Waals surface area contributed by atoms with E-state index in [9.17, 15) is 15.0 Å². The van der Waals surface area contributed by atoms with Gasteiger partial charge < -0.3 is 15.5 Å². The Morgan fingerprint density at radius 1 is 0.939 bits per heavy atom. The van der Waals surface area contributed by atoms with Crippen molar-refractivity contribution in [1.82, 2.24) is 5.32 Å². The van der Waals surface area contributed by atoms with Crippen LogP contribution in [0.1, 0.15) is 10.4 Å². The number of phenolic OH excluding ortho intramolecular Hbond substituents is 2. The van der Waals surface area contributed by atoms with E-state index >= 15 is 0 Å². The zero-order valence-corrected chi connectivity index (χ0v) is 18.5. The number of hydrogen-bond acceptors (Lipinski definition) is 5. The maximum Gasteiger partial charge on any atom is 0.251 e. The minimum Gasteiger partial charge on any atom is -0.508 e. The number of benzene rings is 4.